The summed E-state index contributed by atoms with van der Waals surface area (Å²) in [5.74, 6) is 0. The standard InChI is InChI=1S/C10H16N2S/c1-4-11-10(13-5-2)9-7-6-8-12(9)3/h4-5,9H,1-2,6-8H2,3H3. The van der Waals surface area contributed by atoms with Gasteiger partial charge in [0, 0.05) is 6.20 Å². The summed E-state index contributed by atoms with van der Waals surface area (Å²) in [7, 11) is 2.14. The maximum Gasteiger partial charge on any atom is 0.0944 e. The highest BCUT2D eigenvalue weighted by Crippen LogP contribution is 2.22. The van der Waals surface area contributed by atoms with Crippen molar-refractivity contribution in [1.29, 1.82) is 0 Å². The third kappa shape index (κ3) is 2.71. The first-order chi connectivity index (χ1) is 6.29. The molecular weight excluding hydrogens is 180 g/mol. The topological polar surface area (TPSA) is 15.6 Å². The maximum atomic E-state index is 4.28. The zero-order chi connectivity index (χ0) is 9.68. The molecule has 1 fully saturated rings. The summed E-state index contributed by atoms with van der Waals surface area (Å²) >= 11 is 1.60. The predicted octanol–water partition coefficient (Wildman–Crippen LogP) is 2.50. The minimum absolute atomic E-state index is 0.473. The van der Waals surface area contributed by atoms with Gasteiger partial charge in [0.15, 0.2) is 0 Å². The van der Waals surface area contributed by atoms with Crippen molar-refractivity contribution < 1.29 is 0 Å². The van der Waals surface area contributed by atoms with Crippen molar-refractivity contribution in [3.05, 3.63) is 24.8 Å². The lowest BCUT2D eigenvalue weighted by atomic mass is 10.2. The molecule has 1 atom stereocenters. The van der Waals surface area contributed by atoms with Crippen LogP contribution in [0.2, 0.25) is 0 Å². The summed E-state index contributed by atoms with van der Waals surface area (Å²) in [5, 5.41) is 2.94. The Hall–Kier alpha value is -0.540. The third-order valence-corrected chi connectivity index (χ3v) is 3.01. The zero-order valence-electron chi connectivity index (χ0n) is 8.07. The van der Waals surface area contributed by atoms with Crippen molar-refractivity contribution in [2.75, 3.05) is 13.6 Å². The van der Waals surface area contributed by atoms with Gasteiger partial charge >= 0.3 is 0 Å². The van der Waals surface area contributed by atoms with E-state index in [1.54, 1.807) is 18.0 Å². The summed E-state index contributed by atoms with van der Waals surface area (Å²) < 4.78 is 0. The lowest BCUT2D eigenvalue weighted by molar-refractivity contribution is 0.376. The molecule has 1 heterocycles. The molecule has 3 heteroatoms. The van der Waals surface area contributed by atoms with Gasteiger partial charge in [-0.25, -0.2) is 0 Å². The highest BCUT2D eigenvalue weighted by atomic mass is 32.2. The lowest BCUT2D eigenvalue weighted by Gasteiger charge is -2.19. The minimum Gasteiger partial charge on any atom is -0.297 e. The van der Waals surface area contributed by atoms with Crippen LogP contribution in [-0.4, -0.2) is 29.6 Å². The number of nitrogens with zero attached hydrogens (tertiary/aromatic N) is 2. The van der Waals surface area contributed by atoms with Gasteiger partial charge in [-0.3, -0.25) is 9.89 Å². The number of aliphatic imine (C=N–C) groups is 1. The molecule has 0 bridgehead atoms. The van der Waals surface area contributed by atoms with E-state index in [0.717, 1.165) is 5.04 Å². The van der Waals surface area contributed by atoms with Gasteiger partial charge < -0.3 is 0 Å². The normalized spacial score (nSPS) is 24.7. The van der Waals surface area contributed by atoms with Crippen molar-refractivity contribution >= 4 is 16.8 Å². The molecule has 1 saturated heterocycles. The molecule has 13 heavy (non-hydrogen) atoms. The quantitative estimate of drug-likeness (QED) is 0.509. The van der Waals surface area contributed by atoms with Crippen LogP contribution < -0.4 is 0 Å². The van der Waals surface area contributed by atoms with Gasteiger partial charge in [-0.15, -0.1) is 0 Å². The van der Waals surface area contributed by atoms with Crippen LogP contribution in [0, 0.1) is 0 Å². The molecule has 0 amide bonds. The van der Waals surface area contributed by atoms with Crippen molar-refractivity contribution in [2.24, 2.45) is 4.99 Å². The second kappa shape index (κ2) is 5.25. The summed E-state index contributed by atoms with van der Waals surface area (Å²) in [5.41, 5.74) is 0. The van der Waals surface area contributed by atoms with Crippen molar-refractivity contribution in [3.63, 3.8) is 0 Å². The molecule has 0 aromatic heterocycles. The monoisotopic (exact) mass is 196 g/mol. The van der Waals surface area contributed by atoms with Gasteiger partial charge in [0.05, 0.1) is 11.1 Å². The Bertz CT molecular complexity index is 223. The van der Waals surface area contributed by atoms with Crippen molar-refractivity contribution in [2.45, 2.75) is 18.9 Å². The molecule has 0 saturated carbocycles. The fraction of sp³-hybridized carbons (Fsp3) is 0.500. The molecule has 0 spiro atoms. The van der Waals surface area contributed by atoms with E-state index in [1.165, 1.54) is 19.4 Å². The predicted molar refractivity (Wildman–Crippen MR) is 61.1 cm³/mol. The fourth-order valence-corrected chi connectivity index (χ4v) is 2.35. The van der Waals surface area contributed by atoms with Crippen LogP contribution in [0.3, 0.4) is 0 Å². The van der Waals surface area contributed by atoms with Crippen LogP contribution in [0.25, 0.3) is 0 Å². The molecule has 0 aromatic carbocycles. The average molecular weight is 196 g/mol. The number of hydrogen-bond donors (Lipinski definition) is 0. The Balaban J connectivity index is 2.68. The highest BCUT2D eigenvalue weighted by Gasteiger charge is 2.25. The molecule has 1 rings (SSSR count). The van der Waals surface area contributed by atoms with Gasteiger partial charge in [0.25, 0.3) is 0 Å². The summed E-state index contributed by atoms with van der Waals surface area (Å²) in [6.07, 6.45) is 4.07. The molecule has 1 aliphatic rings. The smallest absolute Gasteiger partial charge is 0.0944 e. The number of rotatable bonds is 3. The zero-order valence-corrected chi connectivity index (χ0v) is 8.89. The van der Waals surface area contributed by atoms with Crippen molar-refractivity contribution in [3.8, 4) is 0 Å². The van der Waals surface area contributed by atoms with Gasteiger partial charge in [-0.2, -0.15) is 0 Å². The number of hydrogen-bond acceptors (Lipinski definition) is 3. The van der Waals surface area contributed by atoms with E-state index in [0.29, 0.717) is 6.04 Å². The van der Waals surface area contributed by atoms with Gasteiger partial charge in [0.2, 0.25) is 0 Å². The van der Waals surface area contributed by atoms with Crippen LogP contribution in [0.1, 0.15) is 12.8 Å². The SMILES string of the molecule is C=CN=C(SC=C)C1CCCN1C. The van der Waals surface area contributed by atoms with Crippen LogP contribution in [0.4, 0.5) is 0 Å². The van der Waals surface area contributed by atoms with E-state index >= 15 is 0 Å². The second-order valence-corrected chi connectivity index (χ2v) is 4.06. The summed E-state index contributed by atoms with van der Waals surface area (Å²) in [4.78, 5) is 6.61. The summed E-state index contributed by atoms with van der Waals surface area (Å²) in [6.45, 7) is 8.50. The molecule has 0 radical (unpaired) electrons. The third-order valence-electron chi connectivity index (χ3n) is 2.23. The van der Waals surface area contributed by atoms with Crippen LogP contribution >= 0.6 is 11.8 Å². The van der Waals surface area contributed by atoms with E-state index in [9.17, 15) is 0 Å². The van der Waals surface area contributed by atoms with Crippen LogP contribution in [0.15, 0.2) is 29.8 Å². The molecule has 2 nitrogen and oxygen atoms in total. The van der Waals surface area contributed by atoms with E-state index in [-0.39, 0.29) is 0 Å². The Kier molecular flexibility index (Phi) is 4.25. The summed E-state index contributed by atoms with van der Waals surface area (Å²) in [6, 6.07) is 0.473. The molecule has 72 valence electrons. The molecule has 0 aliphatic carbocycles. The first kappa shape index (κ1) is 10.5. The largest absolute Gasteiger partial charge is 0.297 e. The molecule has 1 aliphatic heterocycles. The molecule has 1 unspecified atom stereocenters. The van der Waals surface area contributed by atoms with Gasteiger partial charge in [0.1, 0.15) is 0 Å². The Labute approximate surface area is 84.4 Å². The van der Waals surface area contributed by atoms with Crippen molar-refractivity contribution in [1.82, 2.24) is 4.90 Å². The van der Waals surface area contributed by atoms with E-state index in [2.05, 4.69) is 30.1 Å². The average Bonchev–Trinajstić information content (AvgIpc) is 2.51. The first-order valence-corrected chi connectivity index (χ1v) is 5.34. The van der Waals surface area contributed by atoms with Crippen LogP contribution in [0.5, 0.6) is 0 Å². The molecule has 0 N–H and O–H groups in total. The maximum absolute atomic E-state index is 4.28. The lowest BCUT2D eigenvalue weighted by Crippen LogP contribution is -2.30. The Morgan fingerprint density at radius 1 is 1.62 bits per heavy atom. The molecular formula is C10H16N2S. The van der Waals surface area contributed by atoms with E-state index in [1.807, 2.05) is 5.41 Å². The Morgan fingerprint density at radius 2 is 2.38 bits per heavy atom. The fourth-order valence-electron chi connectivity index (χ4n) is 1.59. The number of likely N-dealkylation sites (tertiary alicyclic amines) is 1. The Morgan fingerprint density at radius 3 is 2.85 bits per heavy atom. The minimum atomic E-state index is 0.473. The van der Waals surface area contributed by atoms with Gasteiger partial charge in [-0.1, -0.05) is 24.9 Å². The highest BCUT2D eigenvalue weighted by molar-refractivity contribution is 8.16. The number of thioether (sulfide) groups is 1. The molecule has 0 aromatic rings. The van der Waals surface area contributed by atoms with Crippen LogP contribution in [-0.2, 0) is 0 Å². The second-order valence-electron chi connectivity index (χ2n) is 3.07. The van der Waals surface area contributed by atoms with Gasteiger partial charge in [-0.05, 0) is 31.8 Å². The first-order valence-electron chi connectivity index (χ1n) is 4.46. The van der Waals surface area contributed by atoms with E-state index in [4.69, 9.17) is 0 Å². The van der Waals surface area contributed by atoms with E-state index < -0.39 is 0 Å².